The number of rotatable bonds is 3. The normalized spacial score (nSPS) is 26.7. The minimum Gasteiger partial charge on any atom is -0.420 e. The van der Waals surface area contributed by atoms with E-state index in [-0.39, 0.29) is 0 Å². The van der Waals surface area contributed by atoms with Gasteiger partial charge in [-0.25, -0.2) is 0 Å². The van der Waals surface area contributed by atoms with Crippen molar-refractivity contribution >= 4 is 9.04 Å². The van der Waals surface area contributed by atoms with Gasteiger partial charge in [-0.15, -0.1) is 0 Å². The Balaban J connectivity index is 2.02. The van der Waals surface area contributed by atoms with E-state index in [1.54, 1.807) is 0 Å². The van der Waals surface area contributed by atoms with Crippen molar-refractivity contribution < 1.29 is 9.53 Å². The molecule has 0 saturated carbocycles. The first kappa shape index (κ1) is 8.24. The Morgan fingerprint density at radius 3 is 2.90 bits per heavy atom. The highest BCUT2D eigenvalue weighted by Gasteiger charge is 2.14. The molecule has 1 fully saturated rings. The Bertz CT molecular complexity index is 81.7. The van der Waals surface area contributed by atoms with Gasteiger partial charge < -0.3 is 9.53 Å². The van der Waals surface area contributed by atoms with E-state index >= 15 is 0 Å². The molecule has 2 nitrogen and oxygen atoms in total. The average Bonchev–Trinajstić information content (AvgIpc) is 2.03. The van der Waals surface area contributed by atoms with E-state index in [1.165, 1.54) is 24.9 Å². The molecular formula is C7H16O2Si. The summed E-state index contributed by atoms with van der Waals surface area (Å²) in [7, 11) is -0.804. The maximum Gasteiger partial charge on any atom is 0.177 e. The molecular weight excluding hydrogens is 144 g/mol. The van der Waals surface area contributed by atoms with Gasteiger partial charge in [-0.05, 0) is 24.9 Å². The lowest BCUT2D eigenvalue weighted by Gasteiger charge is -2.20. The molecule has 0 radical (unpaired) electrons. The van der Waals surface area contributed by atoms with Gasteiger partial charge in [-0.1, -0.05) is 6.42 Å². The highest BCUT2D eigenvalue weighted by Crippen LogP contribution is 2.14. The zero-order valence-corrected chi connectivity index (χ0v) is 7.54. The fourth-order valence-electron chi connectivity index (χ4n) is 1.35. The molecule has 0 bridgehead atoms. The zero-order chi connectivity index (χ0) is 7.23. The van der Waals surface area contributed by atoms with Crippen molar-refractivity contribution in [3.05, 3.63) is 0 Å². The van der Waals surface area contributed by atoms with Gasteiger partial charge in [0.1, 0.15) is 0 Å². The molecule has 60 valence electrons. The van der Waals surface area contributed by atoms with Crippen LogP contribution in [0.1, 0.15) is 19.3 Å². The van der Waals surface area contributed by atoms with Crippen molar-refractivity contribution in [3.8, 4) is 0 Å². The summed E-state index contributed by atoms with van der Waals surface area (Å²) in [6.07, 6.45) is 3.57. The third-order valence-electron chi connectivity index (χ3n) is 1.96. The number of aliphatic hydroxyl groups is 1. The summed E-state index contributed by atoms with van der Waals surface area (Å²) in [6.45, 7) is 1.33. The van der Waals surface area contributed by atoms with E-state index in [2.05, 4.69) is 0 Å². The average molecular weight is 160 g/mol. The SMILES string of the molecule is OCCC[SiH]1CCCCO1. The van der Waals surface area contributed by atoms with Gasteiger partial charge >= 0.3 is 0 Å². The molecule has 1 N–H and O–H groups in total. The second-order valence-electron chi connectivity index (χ2n) is 2.85. The lowest BCUT2D eigenvalue weighted by Crippen LogP contribution is -2.23. The lowest BCUT2D eigenvalue weighted by atomic mass is 10.4. The summed E-state index contributed by atoms with van der Waals surface area (Å²) >= 11 is 0. The largest absolute Gasteiger partial charge is 0.420 e. The van der Waals surface area contributed by atoms with Crippen molar-refractivity contribution in [1.29, 1.82) is 0 Å². The van der Waals surface area contributed by atoms with Crippen LogP contribution in [0.4, 0.5) is 0 Å². The highest BCUT2D eigenvalue weighted by molar-refractivity contribution is 6.51. The molecule has 0 aromatic carbocycles. The first-order valence-corrected chi connectivity index (χ1v) is 6.26. The Labute approximate surface area is 63.9 Å². The van der Waals surface area contributed by atoms with Gasteiger partial charge in [-0.2, -0.15) is 0 Å². The Morgan fingerprint density at radius 1 is 1.40 bits per heavy atom. The predicted octanol–water partition coefficient (Wildman–Crippen LogP) is 0.903. The van der Waals surface area contributed by atoms with Gasteiger partial charge in [0.15, 0.2) is 9.04 Å². The number of hydrogen-bond donors (Lipinski definition) is 1. The highest BCUT2D eigenvalue weighted by atomic mass is 28.3. The summed E-state index contributed by atoms with van der Waals surface area (Å²) < 4.78 is 5.61. The van der Waals surface area contributed by atoms with Crippen LogP contribution in [-0.4, -0.2) is 27.4 Å². The van der Waals surface area contributed by atoms with Crippen LogP contribution in [0.2, 0.25) is 12.1 Å². The molecule has 3 heteroatoms. The molecule has 0 spiro atoms. The molecule has 1 unspecified atom stereocenters. The molecule has 0 aliphatic carbocycles. The van der Waals surface area contributed by atoms with Crippen LogP contribution in [0.25, 0.3) is 0 Å². The van der Waals surface area contributed by atoms with E-state index < -0.39 is 9.04 Å². The molecule has 0 aromatic rings. The Hall–Kier alpha value is 0.137. The predicted molar refractivity (Wildman–Crippen MR) is 43.7 cm³/mol. The molecule has 10 heavy (non-hydrogen) atoms. The van der Waals surface area contributed by atoms with Crippen LogP contribution in [0.5, 0.6) is 0 Å². The second-order valence-corrected chi connectivity index (χ2v) is 5.59. The van der Waals surface area contributed by atoms with Crippen molar-refractivity contribution in [1.82, 2.24) is 0 Å². The Morgan fingerprint density at radius 2 is 2.30 bits per heavy atom. The van der Waals surface area contributed by atoms with Crippen molar-refractivity contribution in [3.63, 3.8) is 0 Å². The van der Waals surface area contributed by atoms with Crippen LogP contribution in [0.3, 0.4) is 0 Å². The van der Waals surface area contributed by atoms with Gasteiger partial charge in [0.05, 0.1) is 0 Å². The molecule has 0 amide bonds. The van der Waals surface area contributed by atoms with Crippen LogP contribution < -0.4 is 0 Å². The maximum atomic E-state index is 8.56. The molecule has 1 atom stereocenters. The molecule has 0 aromatic heterocycles. The number of aliphatic hydroxyl groups excluding tert-OH is 1. The molecule has 1 saturated heterocycles. The smallest absolute Gasteiger partial charge is 0.177 e. The van der Waals surface area contributed by atoms with E-state index in [0.717, 1.165) is 13.0 Å². The van der Waals surface area contributed by atoms with E-state index in [1.807, 2.05) is 0 Å². The molecule has 1 aliphatic heterocycles. The van der Waals surface area contributed by atoms with Gasteiger partial charge in [0.2, 0.25) is 0 Å². The molecule has 1 aliphatic rings. The zero-order valence-electron chi connectivity index (χ0n) is 6.38. The standard InChI is InChI=1S/C7H16O2Si/c8-4-3-7-10-6-2-1-5-9-10/h8,10H,1-7H2. The van der Waals surface area contributed by atoms with Crippen LogP contribution >= 0.6 is 0 Å². The summed E-state index contributed by atoms with van der Waals surface area (Å²) in [5.74, 6) is 0. The van der Waals surface area contributed by atoms with E-state index in [0.29, 0.717) is 6.61 Å². The minimum absolute atomic E-state index is 0.340. The molecule has 1 heterocycles. The maximum absolute atomic E-state index is 8.56. The topological polar surface area (TPSA) is 29.5 Å². The van der Waals surface area contributed by atoms with Gasteiger partial charge in [0.25, 0.3) is 0 Å². The van der Waals surface area contributed by atoms with E-state index in [4.69, 9.17) is 9.53 Å². The Kier molecular flexibility index (Phi) is 4.02. The summed E-state index contributed by atoms with van der Waals surface area (Å²) in [4.78, 5) is 0. The summed E-state index contributed by atoms with van der Waals surface area (Å²) in [5, 5.41) is 8.56. The fourth-order valence-corrected chi connectivity index (χ4v) is 3.86. The monoisotopic (exact) mass is 160 g/mol. The molecule has 1 rings (SSSR count). The lowest BCUT2D eigenvalue weighted by molar-refractivity contribution is 0.271. The van der Waals surface area contributed by atoms with Crippen molar-refractivity contribution in [2.45, 2.75) is 31.4 Å². The van der Waals surface area contributed by atoms with Crippen LogP contribution in [0.15, 0.2) is 0 Å². The van der Waals surface area contributed by atoms with E-state index in [9.17, 15) is 0 Å². The summed E-state index contributed by atoms with van der Waals surface area (Å²) in [6, 6.07) is 2.51. The van der Waals surface area contributed by atoms with Crippen LogP contribution in [-0.2, 0) is 4.43 Å². The van der Waals surface area contributed by atoms with Gasteiger partial charge in [-0.3, -0.25) is 0 Å². The first-order valence-electron chi connectivity index (χ1n) is 4.16. The number of hydrogen-bond acceptors (Lipinski definition) is 2. The third-order valence-corrected chi connectivity index (χ3v) is 4.77. The first-order chi connectivity index (χ1) is 4.93. The third kappa shape index (κ3) is 2.81. The van der Waals surface area contributed by atoms with Gasteiger partial charge in [0, 0.05) is 13.2 Å². The second kappa shape index (κ2) is 4.88. The fraction of sp³-hybridized carbons (Fsp3) is 1.00. The quantitative estimate of drug-likeness (QED) is 0.622. The van der Waals surface area contributed by atoms with Crippen molar-refractivity contribution in [2.75, 3.05) is 13.2 Å². The minimum atomic E-state index is -0.804. The summed E-state index contributed by atoms with van der Waals surface area (Å²) in [5.41, 5.74) is 0. The van der Waals surface area contributed by atoms with Crippen molar-refractivity contribution in [2.24, 2.45) is 0 Å². The van der Waals surface area contributed by atoms with Crippen LogP contribution in [0, 0.1) is 0 Å².